The lowest BCUT2D eigenvalue weighted by molar-refractivity contribution is 0.0205. The number of carbonyl (C=O) groups is 1. The zero-order valence-electron chi connectivity index (χ0n) is 19.9. The fourth-order valence-electron chi connectivity index (χ4n) is 4.28. The van der Waals surface area contributed by atoms with Crippen LogP contribution in [0, 0.1) is 0 Å². The standard InChI is InChI=1S/C25H30ClN3O4S/c1-25(2,3)33-24(30)28-10-7-17(8-11-28)19-5-6-20(27-15-19)16-29-12-9-18-13-23(34(4,31)32)21(26)14-22(18)29/h5-6,9,12-15,17H,7-8,10-11,16H2,1-4H3. The van der Waals surface area contributed by atoms with Gasteiger partial charge < -0.3 is 14.2 Å². The van der Waals surface area contributed by atoms with E-state index in [1.54, 1.807) is 17.0 Å². The van der Waals surface area contributed by atoms with E-state index in [0.29, 0.717) is 25.6 Å². The van der Waals surface area contributed by atoms with E-state index in [0.717, 1.165) is 35.7 Å². The minimum absolute atomic E-state index is 0.139. The molecule has 1 aliphatic heterocycles. The zero-order chi connectivity index (χ0) is 24.7. The molecule has 4 rings (SSSR count). The number of piperidine rings is 1. The Morgan fingerprint density at radius 3 is 2.47 bits per heavy atom. The van der Waals surface area contributed by atoms with Crippen molar-refractivity contribution >= 4 is 38.4 Å². The number of likely N-dealkylation sites (tertiary alicyclic amines) is 1. The number of rotatable bonds is 4. The highest BCUT2D eigenvalue weighted by Gasteiger charge is 2.27. The van der Waals surface area contributed by atoms with Gasteiger partial charge in [0.05, 0.1) is 22.2 Å². The van der Waals surface area contributed by atoms with E-state index in [-0.39, 0.29) is 16.0 Å². The number of ether oxygens (including phenoxy) is 1. The molecule has 7 nitrogen and oxygen atoms in total. The quantitative estimate of drug-likeness (QED) is 0.485. The molecule has 9 heteroatoms. The van der Waals surface area contributed by atoms with Crippen molar-refractivity contribution in [1.82, 2.24) is 14.5 Å². The maximum Gasteiger partial charge on any atom is 0.410 e. The number of hydrogen-bond acceptors (Lipinski definition) is 5. The second-order valence-corrected chi connectivity index (χ2v) is 12.3. The van der Waals surface area contributed by atoms with Crippen LogP contribution in [0.3, 0.4) is 0 Å². The molecule has 0 aliphatic carbocycles. The van der Waals surface area contributed by atoms with Crippen molar-refractivity contribution < 1.29 is 17.9 Å². The Morgan fingerprint density at radius 1 is 1.18 bits per heavy atom. The van der Waals surface area contributed by atoms with Gasteiger partial charge in [-0.25, -0.2) is 13.2 Å². The average Bonchev–Trinajstić information content (AvgIpc) is 3.13. The summed E-state index contributed by atoms with van der Waals surface area (Å²) >= 11 is 6.25. The molecule has 0 saturated carbocycles. The Hall–Kier alpha value is -2.58. The van der Waals surface area contributed by atoms with Crippen molar-refractivity contribution in [3.05, 3.63) is 59.0 Å². The molecule has 1 amide bonds. The Kier molecular flexibility index (Phi) is 6.66. The molecular formula is C25H30ClN3O4S. The topological polar surface area (TPSA) is 81.5 Å². The van der Waals surface area contributed by atoms with Gasteiger partial charge in [-0.05, 0) is 69.4 Å². The van der Waals surface area contributed by atoms with E-state index in [1.165, 1.54) is 5.56 Å². The Balaban J connectivity index is 1.42. The summed E-state index contributed by atoms with van der Waals surface area (Å²) in [6.45, 7) is 7.53. The van der Waals surface area contributed by atoms with Gasteiger partial charge in [0.25, 0.3) is 0 Å². The SMILES string of the molecule is CC(C)(C)OC(=O)N1CCC(c2ccc(Cn3ccc4cc(S(C)(=O)=O)c(Cl)cc43)nc2)CC1. The molecule has 1 aromatic carbocycles. The maximum absolute atomic E-state index is 12.3. The van der Waals surface area contributed by atoms with Crippen LogP contribution in [0.1, 0.15) is 50.8 Å². The van der Waals surface area contributed by atoms with E-state index in [1.807, 2.05) is 49.9 Å². The third kappa shape index (κ3) is 5.55. The number of benzene rings is 1. The second-order valence-electron chi connectivity index (χ2n) is 9.88. The van der Waals surface area contributed by atoms with Crippen molar-refractivity contribution in [3.8, 4) is 0 Å². The van der Waals surface area contributed by atoms with E-state index in [2.05, 4.69) is 11.1 Å². The van der Waals surface area contributed by atoms with Gasteiger partial charge in [-0.2, -0.15) is 0 Å². The number of carbonyl (C=O) groups excluding carboxylic acids is 1. The summed E-state index contributed by atoms with van der Waals surface area (Å²) in [6.07, 6.45) is 6.50. The molecule has 1 fully saturated rings. The Labute approximate surface area is 205 Å². The minimum Gasteiger partial charge on any atom is -0.444 e. The smallest absolute Gasteiger partial charge is 0.410 e. The second kappa shape index (κ2) is 9.23. The Bertz CT molecular complexity index is 1300. The molecule has 0 bridgehead atoms. The van der Waals surface area contributed by atoms with Crippen LogP contribution in [-0.2, 0) is 21.1 Å². The van der Waals surface area contributed by atoms with Crippen LogP contribution in [0.25, 0.3) is 10.9 Å². The normalized spacial score (nSPS) is 15.6. The Morgan fingerprint density at radius 2 is 1.88 bits per heavy atom. The number of amides is 1. The number of sulfone groups is 1. The highest BCUT2D eigenvalue weighted by atomic mass is 35.5. The monoisotopic (exact) mass is 503 g/mol. The van der Waals surface area contributed by atoms with Crippen LogP contribution in [0.4, 0.5) is 4.79 Å². The molecule has 3 aromatic rings. The number of halogens is 1. The van der Waals surface area contributed by atoms with Gasteiger partial charge in [-0.3, -0.25) is 4.98 Å². The molecule has 2 aromatic heterocycles. The number of aromatic nitrogens is 2. The van der Waals surface area contributed by atoms with Crippen LogP contribution in [0.2, 0.25) is 5.02 Å². The molecule has 1 aliphatic rings. The van der Waals surface area contributed by atoms with Gasteiger partial charge in [-0.1, -0.05) is 17.7 Å². The highest BCUT2D eigenvalue weighted by Crippen LogP contribution is 2.30. The van der Waals surface area contributed by atoms with Gasteiger partial charge in [-0.15, -0.1) is 0 Å². The number of nitrogens with zero attached hydrogens (tertiary/aromatic N) is 3. The zero-order valence-corrected chi connectivity index (χ0v) is 21.5. The fourth-order valence-corrected chi connectivity index (χ4v) is 5.61. The van der Waals surface area contributed by atoms with Crippen molar-refractivity contribution in [2.24, 2.45) is 0 Å². The molecule has 0 atom stereocenters. The summed E-state index contributed by atoms with van der Waals surface area (Å²) < 4.78 is 31.4. The van der Waals surface area contributed by atoms with Crippen molar-refractivity contribution in [1.29, 1.82) is 0 Å². The number of pyridine rings is 1. The van der Waals surface area contributed by atoms with Gasteiger partial charge >= 0.3 is 6.09 Å². The molecule has 0 spiro atoms. The highest BCUT2D eigenvalue weighted by molar-refractivity contribution is 7.90. The van der Waals surface area contributed by atoms with Crippen LogP contribution in [0.15, 0.2) is 47.6 Å². The molecule has 0 N–H and O–H groups in total. The molecule has 182 valence electrons. The maximum atomic E-state index is 12.3. The largest absolute Gasteiger partial charge is 0.444 e. The lowest BCUT2D eigenvalue weighted by Gasteiger charge is -2.33. The third-order valence-corrected chi connectivity index (χ3v) is 7.58. The molecule has 1 saturated heterocycles. The van der Waals surface area contributed by atoms with Crippen LogP contribution in [-0.4, -0.2) is 53.9 Å². The first-order valence-electron chi connectivity index (χ1n) is 11.3. The third-order valence-electron chi connectivity index (χ3n) is 6.02. The summed E-state index contributed by atoms with van der Waals surface area (Å²) in [7, 11) is -3.39. The van der Waals surface area contributed by atoms with Crippen molar-refractivity contribution in [2.45, 2.75) is 56.6 Å². The summed E-state index contributed by atoms with van der Waals surface area (Å²) in [5.41, 5.74) is 2.44. The first-order valence-corrected chi connectivity index (χ1v) is 13.6. The predicted octanol–water partition coefficient (Wildman–Crippen LogP) is 5.26. The fraction of sp³-hybridized carbons (Fsp3) is 0.440. The summed E-state index contributed by atoms with van der Waals surface area (Å²) in [5, 5.41) is 1.04. The van der Waals surface area contributed by atoms with Crippen LogP contribution < -0.4 is 0 Å². The van der Waals surface area contributed by atoms with E-state index < -0.39 is 15.4 Å². The van der Waals surface area contributed by atoms with E-state index >= 15 is 0 Å². The molecule has 0 radical (unpaired) electrons. The van der Waals surface area contributed by atoms with E-state index in [9.17, 15) is 13.2 Å². The lowest BCUT2D eigenvalue weighted by atomic mass is 9.90. The van der Waals surface area contributed by atoms with Gasteiger partial charge in [0.1, 0.15) is 5.60 Å². The van der Waals surface area contributed by atoms with Gasteiger partial charge in [0.15, 0.2) is 9.84 Å². The van der Waals surface area contributed by atoms with Crippen LogP contribution >= 0.6 is 11.6 Å². The predicted molar refractivity (Wildman–Crippen MR) is 133 cm³/mol. The van der Waals surface area contributed by atoms with Crippen LogP contribution in [0.5, 0.6) is 0 Å². The van der Waals surface area contributed by atoms with Gasteiger partial charge in [0.2, 0.25) is 0 Å². The minimum atomic E-state index is -3.39. The number of fused-ring (bicyclic) bond motifs is 1. The molecule has 34 heavy (non-hydrogen) atoms. The lowest BCUT2D eigenvalue weighted by Crippen LogP contribution is -2.41. The molecule has 0 unspecified atom stereocenters. The first-order chi connectivity index (χ1) is 15.9. The van der Waals surface area contributed by atoms with Crippen molar-refractivity contribution in [2.75, 3.05) is 19.3 Å². The number of hydrogen-bond donors (Lipinski definition) is 0. The summed E-state index contributed by atoms with van der Waals surface area (Å²) in [5.74, 6) is 0.362. The average molecular weight is 504 g/mol. The van der Waals surface area contributed by atoms with Gasteiger partial charge in [0, 0.05) is 42.6 Å². The molecule has 3 heterocycles. The summed E-state index contributed by atoms with van der Waals surface area (Å²) in [6, 6.07) is 9.32. The first kappa shape index (κ1) is 24.5. The van der Waals surface area contributed by atoms with Crippen molar-refractivity contribution in [3.63, 3.8) is 0 Å². The summed E-state index contributed by atoms with van der Waals surface area (Å²) in [4.78, 5) is 18.9. The van der Waals surface area contributed by atoms with E-state index in [4.69, 9.17) is 16.3 Å². The molecular weight excluding hydrogens is 474 g/mol.